The Hall–Kier alpha value is -1.75. The van der Waals surface area contributed by atoms with Crippen LogP contribution in [-0.2, 0) is 4.79 Å². The minimum absolute atomic E-state index is 0.201. The third-order valence-corrected chi connectivity index (χ3v) is 3.64. The van der Waals surface area contributed by atoms with Gasteiger partial charge in [0.1, 0.15) is 5.75 Å². The molecule has 3 atom stereocenters. The van der Waals surface area contributed by atoms with Gasteiger partial charge >= 0.3 is 0 Å². The van der Waals surface area contributed by atoms with Crippen LogP contribution in [0.1, 0.15) is 6.92 Å². The van der Waals surface area contributed by atoms with E-state index in [2.05, 4.69) is 37.6 Å². The van der Waals surface area contributed by atoms with E-state index < -0.39 is 23.0 Å². The summed E-state index contributed by atoms with van der Waals surface area (Å²) in [5.74, 6) is 0.113. The highest BCUT2D eigenvalue weighted by Gasteiger charge is 2.42. The third kappa shape index (κ3) is 4.37. The second-order valence-corrected chi connectivity index (χ2v) is 5.68. The minimum Gasteiger partial charge on any atom is -0.484 e. The lowest BCUT2D eigenvalue weighted by Crippen LogP contribution is -2.56. The topological polar surface area (TPSA) is 118 Å². The molecular formula is C12H16BrN5O4. The number of hydrogen-bond donors (Lipinski definition) is 4. The largest absolute Gasteiger partial charge is 0.484 e. The van der Waals surface area contributed by atoms with Crippen LogP contribution in [0.2, 0.25) is 0 Å². The predicted molar refractivity (Wildman–Crippen MR) is 81.2 cm³/mol. The van der Waals surface area contributed by atoms with Crippen molar-refractivity contribution in [1.82, 2.24) is 21.7 Å². The molecule has 0 aliphatic carbocycles. The van der Waals surface area contributed by atoms with Crippen molar-refractivity contribution in [3.05, 3.63) is 38.9 Å². The average molecular weight is 374 g/mol. The molecule has 2 rings (SSSR count). The number of hydrazine groups is 2. The van der Waals surface area contributed by atoms with Crippen molar-refractivity contribution in [3.8, 4) is 5.75 Å². The zero-order valence-corrected chi connectivity index (χ0v) is 13.3. The van der Waals surface area contributed by atoms with E-state index in [0.29, 0.717) is 5.75 Å². The first-order valence-electron chi connectivity index (χ1n) is 6.54. The molecule has 0 saturated carbocycles. The Balaban J connectivity index is 1.75. The van der Waals surface area contributed by atoms with Crippen molar-refractivity contribution in [1.29, 1.82) is 0 Å². The smallest absolute Gasteiger partial charge is 0.272 e. The van der Waals surface area contributed by atoms with Crippen LogP contribution in [0.15, 0.2) is 28.7 Å². The molecule has 3 unspecified atom stereocenters. The Labute approximate surface area is 135 Å². The first kappa shape index (κ1) is 16.6. The van der Waals surface area contributed by atoms with Gasteiger partial charge in [0.2, 0.25) is 0 Å². The Morgan fingerprint density at radius 3 is 2.73 bits per heavy atom. The summed E-state index contributed by atoms with van der Waals surface area (Å²) < 4.78 is 6.20. The zero-order chi connectivity index (χ0) is 16.1. The van der Waals surface area contributed by atoms with Gasteiger partial charge in [-0.2, -0.15) is 0 Å². The lowest BCUT2D eigenvalue weighted by Gasteiger charge is -2.16. The minimum atomic E-state index is -0.896. The van der Waals surface area contributed by atoms with E-state index in [1.807, 2.05) is 0 Å². The first-order valence-corrected chi connectivity index (χ1v) is 7.34. The molecule has 1 amide bonds. The number of nitrogens with zero attached hydrogens (tertiary/aromatic N) is 1. The molecule has 0 radical (unpaired) electrons. The van der Waals surface area contributed by atoms with Crippen LogP contribution in [0.3, 0.4) is 0 Å². The van der Waals surface area contributed by atoms with Crippen molar-refractivity contribution in [2.45, 2.75) is 25.2 Å². The van der Waals surface area contributed by atoms with Gasteiger partial charge in [-0.1, -0.05) is 15.9 Å². The van der Waals surface area contributed by atoms with Gasteiger partial charge < -0.3 is 4.74 Å². The maximum absolute atomic E-state index is 11.7. The maximum atomic E-state index is 11.7. The summed E-state index contributed by atoms with van der Waals surface area (Å²) in [6.07, 6.45) is -0.707. The second-order valence-electron chi connectivity index (χ2n) is 4.77. The molecule has 120 valence electrons. The molecule has 1 fully saturated rings. The highest BCUT2D eigenvalue weighted by Crippen LogP contribution is 2.15. The fraction of sp³-hybridized carbons (Fsp3) is 0.417. The molecule has 1 saturated heterocycles. The Morgan fingerprint density at radius 2 is 2.09 bits per heavy atom. The summed E-state index contributed by atoms with van der Waals surface area (Å²) >= 11 is 3.30. The standard InChI is InChI=1S/C12H16BrN5O4/c1-7-11(18(20)21)12(16-14-7)17-15-10(19)6-22-9-4-2-8(13)3-5-9/h2-5,7,11-12,14,16-17H,6H2,1H3,(H,15,19). The molecule has 22 heavy (non-hydrogen) atoms. The van der Waals surface area contributed by atoms with Gasteiger partial charge in [0.15, 0.2) is 12.8 Å². The van der Waals surface area contributed by atoms with E-state index in [0.717, 1.165) is 4.47 Å². The zero-order valence-electron chi connectivity index (χ0n) is 11.7. The van der Waals surface area contributed by atoms with Gasteiger partial charge in [-0.3, -0.25) is 20.3 Å². The van der Waals surface area contributed by atoms with Crippen molar-refractivity contribution in [2.24, 2.45) is 0 Å². The van der Waals surface area contributed by atoms with Gasteiger partial charge in [0.25, 0.3) is 11.9 Å². The molecule has 4 N–H and O–H groups in total. The van der Waals surface area contributed by atoms with Gasteiger partial charge in [-0.15, -0.1) is 0 Å². The normalized spacial score (nSPS) is 24.0. The van der Waals surface area contributed by atoms with Crippen molar-refractivity contribution in [2.75, 3.05) is 6.61 Å². The molecule has 9 nitrogen and oxygen atoms in total. The fourth-order valence-electron chi connectivity index (χ4n) is 1.98. The summed E-state index contributed by atoms with van der Waals surface area (Å²) in [5, 5.41) is 10.9. The molecule has 1 aliphatic heterocycles. The van der Waals surface area contributed by atoms with E-state index in [1.54, 1.807) is 31.2 Å². The summed E-state index contributed by atoms with van der Waals surface area (Å²) in [7, 11) is 0. The van der Waals surface area contributed by atoms with Crippen LogP contribution in [0.25, 0.3) is 0 Å². The van der Waals surface area contributed by atoms with Crippen molar-refractivity contribution in [3.63, 3.8) is 0 Å². The number of benzene rings is 1. The number of halogens is 1. The van der Waals surface area contributed by atoms with Crippen LogP contribution in [0.5, 0.6) is 5.75 Å². The number of ether oxygens (including phenoxy) is 1. The number of nitro groups is 1. The predicted octanol–water partition coefficient (Wildman–Crippen LogP) is -0.0836. The van der Waals surface area contributed by atoms with Gasteiger partial charge in [-0.05, 0) is 31.2 Å². The lowest BCUT2D eigenvalue weighted by molar-refractivity contribution is -0.526. The first-order chi connectivity index (χ1) is 10.5. The van der Waals surface area contributed by atoms with E-state index in [4.69, 9.17) is 4.74 Å². The van der Waals surface area contributed by atoms with Crippen LogP contribution >= 0.6 is 15.9 Å². The molecule has 0 aromatic heterocycles. The Morgan fingerprint density at radius 1 is 1.41 bits per heavy atom. The molecule has 1 aliphatic rings. The molecule has 0 bridgehead atoms. The van der Waals surface area contributed by atoms with Crippen LogP contribution in [-0.4, -0.2) is 35.7 Å². The quantitative estimate of drug-likeness (QED) is 0.406. The van der Waals surface area contributed by atoms with E-state index >= 15 is 0 Å². The SMILES string of the molecule is CC1NNC(NNC(=O)COc2ccc(Br)cc2)C1[N+](=O)[O-]. The molecule has 10 heteroatoms. The third-order valence-electron chi connectivity index (χ3n) is 3.11. The monoisotopic (exact) mass is 373 g/mol. The number of rotatable bonds is 6. The van der Waals surface area contributed by atoms with E-state index in [9.17, 15) is 14.9 Å². The number of nitrogens with one attached hydrogen (secondary N) is 4. The van der Waals surface area contributed by atoms with Gasteiger partial charge in [0.05, 0.1) is 6.04 Å². The molecule has 0 spiro atoms. The molecule has 1 aromatic carbocycles. The van der Waals surface area contributed by atoms with Gasteiger partial charge in [-0.25, -0.2) is 16.3 Å². The van der Waals surface area contributed by atoms with Crippen LogP contribution in [0.4, 0.5) is 0 Å². The summed E-state index contributed by atoms with van der Waals surface area (Å²) in [6.45, 7) is 1.48. The van der Waals surface area contributed by atoms with Crippen molar-refractivity contribution >= 4 is 21.8 Å². The van der Waals surface area contributed by atoms with E-state index in [1.165, 1.54) is 0 Å². The van der Waals surface area contributed by atoms with Crippen LogP contribution < -0.4 is 26.4 Å². The van der Waals surface area contributed by atoms with Gasteiger partial charge in [0, 0.05) is 9.40 Å². The van der Waals surface area contributed by atoms with Crippen molar-refractivity contribution < 1.29 is 14.5 Å². The molecular weight excluding hydrogens is 358 g/mol. The number of carbonyl (C=O) groups is 1. The molecule has 1 aromatic rings. The lowest BCUT2D eigenvalue weighted by atomic mass is 10.1. The average Bonchev–Trinajstić information content (AvgIpc) is 2.85. The highest BCUT2D eigenvalue weighted by atomic mass is 79.9. The fourth-order valence-corrected chi connectivity index (χ4v) is 2.24. The van der Waals surface area contributed by atoms with E-state index in [-0.39, 0.29) is 12.6 Å². The maximum Gasteiger partial charge on any atom is 0.272 e. The second kappa shape index (κ2) is 7.49. The number of amides is 1. The Bertz CT molecular complexity index is 541. The molecule has 1 heterocycles. The summed E-state index contributed by atoms with van der Waals surface area (Å²) in [4.78, 5) is 22.2. The Kier molecular flexibility index (Phi) is 5.66. The number of carbonyl (C=O) groups excluding carboxylic acids is 1. The highest BCUT2D eigenvalue weighted by molar-refractivity contribution is 9.10. The summed E-state index contributed by atoms with van der Waals surface area (Å²) in [5.41, 5.74) is 10.4. The van der Waals surface area contributed by atoms with Crippen LogP contribution in [0, 0.1) is 10.1 Å². The number of hydrogen-bond acceptors (Lipinski definition) is 7. The summed E-state index contributed by atoms with van der Waals surface area (Å²) in [6, 6.07) is 5.77.